The first-order chi connectivity index (χ1) is 7.50. The molecule has 1 rings (SSSR count). The van der Waals surface area contributed by atoms with Gasteiger partial charge in [-0.25, -0.2) is 0 Å². The van der Waals surface area contributed by atoms with E-state index in [2.05, 4.69) is 5.32 Å². The molecule has 2 amide bonds. The summed E-state index contributed by atoms with van der Waals surface area (Å²) >= 11 is 0. The Kier molecular flexibility index (Phi) is 4.24. The van der Waals surface area contributed by atoms with Crippen LogP contribution in [0, 0.1) is 5.92 Å². The molecule has 7 nitrogen and oxygen atoms in total. The van der Waals surface area contributed by atoms with E-state index in [4.69, 9.17) is 15.6 Å². The van der Waals surface area contributed by atoms with Gasteiger partial charge in [0.15, 0.2) is 0 Å². The summed E-state index contributed by atoms with van der Waals surface area (Å²) in [5, 5.41) is 10.8. The second kappa shape index (κ2) is 5.45. The van der Waals surface area contributed by atoms with E-state index in [1.807, 2.05) is 0 Å². The van der Waals surface area contributed by atoms with Crippen molar-refractivity contribution in [2.45, 2.75) is 18.9 Å². The van der Waals surface area contributed by atoms with Gasteiger partial charge in [-0.3, -0.25) is 14.4 Å². The largest absolute Gasteiger partial charge is 0.481 e. The number of aliphatic carboxylic acids is 1. The second-order valence-corrected chi connectivity index (χ2v) is 3.62. The van der Waals surface area contributed by atoms with Crippen LogP contribution in [0.4, 0.5) is 0 Å². The van der Waals surface area contributed by atoms with Crippen molar-refractivity contribution in [2.75, 3.05) is 13.2 Å². The number of carbonyl (C=O) groups excluding carboxylic acids is 2. The maximum atomic E-state index is 11.5. The van der Waals surface area contributed by atoms with Gasteiger partial charge >= 0.3 is 5.97 Å². The van der Waals surface area contributed by atoms with Gasteiger partial charge in [0.1, 0.15) is 6.04 Å². The molecule has 1 fully saturated rings. The summed E-state index contributed by atoms with van der Waals surface area (Å²) in [6, 6.07) is -1.16. The molecular formula is C9H14N2O5. The van der Waals surface area contributed by atoms with Crippen LogP contribution in [-0.2, 0) is 19.1 Å². The average molecular weight is 230 g/mol. The van der Waals surface area contributed by atoms with Gasteiger partial charge in [0.2, 0.25) is 11.8 Å². The minimum atomic E-state index is -1.19. The van der Waals surface area contributed by atoms with Crippen LogP contribution in [-0.4, -0.2) is 42.1 Å². The molecule has 0 aromatic rings. The molecule has 0 unspecified atom stereocenters. The standard InChI is InChI=1S/C9H14N2O5/c10-8(14)6(3-7(12)13)11-9(15)5-1-2-16-4-5/h5-6H,1-4H2,(H2,10,14)(H,11,15)(H,12,13)/t5-,6-/m1/s1. The first-order valence-electron chi connectivity index (χ1n) is 4.90. The molecule has 1 aliphatic rings. The Balaban J connectivity index is 2.50. The Hall–Kier alpha value is -1.63. The lowest BCUT2D eigenvalue weighted by Crippen LogP contribution is -2.47. The fourth-order valence-corrected chi connectivity index (χ4v) is 1.43. The van der Waals surface area contributed by atoms with Crippen LogP contribution >= 0.6 is 0 Å². The molecule has 1 heterocycles. The summed E-state index contributed by atoms with van der Waals surface area (Å²) in [5.74, 6) is -2.75. The van der Waals surface area contributed by atoms with Gasteiger partial charge < -0.3 is 20.9 Å². The van der Waals surface area contributed by atoms with Gasteiger partial charge in [0.05, 0.1) is 18.9 Å². The van der Waals surface area contributed by atoms with Gasteiger partial charge in [-0.15, -0.1) is 0 Å². The highest BCUT2D eigenvalue weighted by molar-refractivity contribution is 5.90. The number of carboxylic acids is 1. The van der Waals surface area contributed by atoms with Crippen LogP contribution in [0.15, 0.2) is 0 Å². The number of primary amides is 1. The first-order valence-corrected chi connectivity index (χ1v) is 4.90. The summed E-state index contributed by atoms with van der Waals surface area (Å²) < 4.78 is 5.01. The van der Waals surface area contributed by atoms with Crippen molar-refractivity contribution >= 4 is 17.8 Å². The molecule has 0 saturated carbocycles. The lowest BCUT2D eigenvalue weighted by molar-refractivity contribution is -0.140. The van der Waals surface area contributed by atoms with Crippen molar-refractivity contribution in [3.8, 4) is 0 Å². The number of hydrogen-bond acceptors (Lipinski definition) is 4. The number of carboxylic acid groups (broad SMARTS) is 1. The molecule has 1 saturated heterocycles. The molecule has 0 spiro atoms. The minimum absolute atomic E-state index is 0.296. The van der Waals surface area contributed by atoms with Gasteiger partial charge in [-0.2, -0.15) is 0 Å². The highest BCUT2D eigenvalue weighted by Gasteiger charge is 2.28. The third-order valence-corrected chi connectivity index (χ3v) is 2.34. The molecule has 0 aromatic carbocycles. The highest BCUT2D eigenvalue weighted by atomic mass is 16.5. The van der Waals surface area contributed by atoms with Crippen molar-refractivity contribution in [1.29, 1.82) is 0 Å². The van der Waals surface area contributed by atoms with Crippen LogP contribution in [0.25, 0.3) is 0 Å². The van der Waals surface area contributed by atoms with Gasteiger partial charge in [0.25, 0.3) is 0 Å². The average Bonchev–Trinajstić information content (AvgIpc) is 2.68. The number of nitrogens with two attached hydrogens (primary N) is 1. The van der Waals surface area contributed by atoms with Crippen LogP contribution < -0.4 is 11.1 Å². The zero-order valence-electron chi connectivity index (χ0n) is 8.64. The topological polar surface area (TPSA) is 119 Å². The van der Waals surface area contributed by atoms with Gasteiger partial charge in [0, 0.05) is 6.61 Å². The predicted octanol–water partition coefficient (Wildman–Crippen LogP) is -1.53. The number of hydrogen-bond donors (Lipinski definition) is 3. The molecule has 4 N–H and O–H groups in total. The van der Waals surface area contributed by atoms with Gasteiger partial charge in [-0.1, -0.05) is 0 Å². The fourth-order valence-electron chi connectivity index (χ4n) is 1.43. The van der Waals surface area contributed by atoms with Crippen molar-refractivity contribution in [2.24, 2.45) is 11.7 Å². The van der Waals surface area contributed by atoms with Crippen LogP contribution in [0.2, 0.25) is 0 Å². The maximum Gasteiger partial charge on any atom is 0.305 e. The smallest absolute Gasteiger partial charge is 0.305 e. The molecule has 0 bridgehead atoms. The van der Waals surface area contributed by atoms with E-state index in [9.17, 15) is 14.4 Å². The van der Waals surface area contributed by atoms with Crippen molar-refractivity contribution in [1.82, 2.24) is 5.32 Å². The SMILES string of the molecule is NC(=O)[C@@H](CC(=O)O)NC(=O)[C@@H]1CCOC1. The first kappa shape index (κ1) is 12.4. The molecule has 7 heteroatoms. The Labute approximate surface area is 91.9 Å². The maximum absolute atomic E-state index is 11.5. The normalized spacial score (nSPS) is 21.4. The molecule has 1 aliphatic heterocycles. The van der Waals surface area contributed by atoms with Crippen molar-refractivity contribution in [3.63, 3.8) is 0 Å². The summed E-state index contributed by atoms with van der Waals surface area (Å²) in [5.41, 5.74) is 4.98. The van der Waals surface area contributed by atoms with E-state index in [1.54, 1.807) is 0 Å². The van der Waals surface area contributed by atoms with Gasteiger partial charge in [-0.05, 0) is 6.42 Å². The third-order valence-electron chi connectivity index (χ3n) is 2.34. The fraction of sp³-hybridized carbons (Fsp3) is 0.667. The second-order valence-electron chi connectivity index (χ2n) is 3.62. The number of rotatable bonds is 5. The van der Waals surface area contributed by atoms with Crippen molar-refractivity contribution < 1.29 is 24.2 Å². The van der Waals surface area contributed by atoms with E-state index in [0.717, 1.165) is 0 Å². The number of nitrogens with one attached hydrogen (secondary N) is 1. The highest BCUT2D eigenvalue weighted by Crippen LogP contribution is 2.12. The lowest BCUT2D eigenvalue weighted by Gasteiger charge is -2.15. The summed E-state index contributed by atoms with van der Waals surface area (Å²) in [4.78, 5) is 32.9. The van der Waals surface area contributed by atoms with E-state index in [1.165, 1.54) is 0 Å². The molecule has 90 valence electrons. The monoisotopic (exact) mass is 230 g/mol. The molecule has 0 aliphatic carbocycles. The Morgan fingerprint density at radius 1 is 1.50 bits per heavy atom. The Bertz CT molecular complexity index is 298. The molecule has 0 aromatic heterocycles. The Morgan fingerprint density at radius 3 is 2.62 bits per heavy atom. The number of carbonyl (C=O) groups is 3. The molecule has 0 radical (unpaired) electrons. The summed E-state index contributed by atoms with van der Waals surface area (Å²) in [6.45, 7) is 0.794. The number of amides is 2. The molecular weight excluding hydrogens is 216 g/mol. The van der Waals surface area contributed by atoms with E-state index >= 15 is 0 Å². The minimum Gasteiger partial charge on any atom is -0.481 e. The van der Waals surface area contributed by atoms with Crippen LogP contribution in [0.3, 0.4) is 0 Å². The van der Waals surface area contributed by atoms with Crippen LogP contribution in [0.5, 0.6) is 0 Å². The summed E-state index contributed by atoms with van der Waals surface area (Å²) in [6.07, 6.45) is 0.0685. The molecule has 16 heavy (non-hydrogen) atoms. The number of ether oxygens (including phenoxy) is 1. The lowest BCUT2D eigenvalue weighted by atomic mass is 10.1. The third kappa shape index (κ3) is 3.50. The zero-order valence-corrected chi connectivity index (χ0v) is 8.64. The predicted molar refractivity (Wildman–Crippen MR) is 52.3 cm³/mol. The Morgan fingerprint density at radius 2 is 2.19 bits per heavy atom. The quantitative estimate of drug-likeness (QED) is 0.529. The van der Waals surface area contributed by atoms with E-state index in [-0.39, 0.29) is 11.8 Å². The zero-order chi connectivity index (χ0) is 12.1. The van der Waals surface area contributed by atoms with E-state index in [0.29, 0.717) is 19.6 Å². The molecule has 2 atom stereocenters. The summed E-state index contributed by atoms with van der Waals surface area (Å²) in [7, 11) is 0. The van der Waals surface area contributed by atoms with Crippen LogP contribution in [0.1, 0.15) is 12.8 Å². The van der Waals surface area contributed by atoms with E-state index < -0.39 is 24.3 Å². The van der Waals surface area contributed by atoms with Crippen molar-refractivity contribution in [3.05, 3.63) is 0 Å².